The number of halogens is 3. The lowest BCUT2D eigenvalue weighted by Gasteiger charge is -2.18. The molecule has 2 amide bonds. The van der Waals surface area contributed by atoms with Crippen molar-refractivity contribution in [1.29, 1.82) is 0 Å². The monoisotopic (exact) mass is 492 g/mol. The van der Waals surface area contributed by atoms with Crippen LogP contribution in [0, 0.1) is 0 Å². The zero-order chi connectivity index (χ0) is 24.7. The number of anilines is 1. The zero-order valence-electron chi connectivity index (χ0n) is 18.5. The van der Waals surface area contributed by atoms with Gasteiger partial charge in [0.15, 0.2) is 0 Å². The van der Waals surface area contributed by atoms with Crippen LogP contribution >= 0.6 is 11.8 Å². The van der Waals surface area contributed by atoms with Gasteiger partial charge in [-0.25, -0.2) is 0 Å². The van der Waals surface area contributed by atoms with Gasteiger partial charge in [0.1, 0.15) is 0 Å². The van der Waals surface area contributed by atoms with E-state index in [-0.39, 0.29) is 22.6 Å². The number of alkyl halides is 3. The van der Waals surface area contributed by atoms with Crippen LogP contribution in [-0.2, 0) is 22.2 Å². The predicted molar refractivity (Wildman–Crippen MR) is 121 cm³/mol. The molecule has 180 valence electrons. The maximum Gasteiger partial charge on any atom is 0.418 e. The molecule has 2 aromatic carbocycles. The van der Waals surface area contributed by atoms with E-state index >= 15 is 0 Å². The van der Waals surface area contributed by atoms with E-state index in [4.69, 9.17) is 4.42 Å². The fraction of sp³-hybridized carbons (Fsp3) is 0.304. The molecule has 0 saturated heterocycles. The van der Waals surface area contributed by atoms with Crippen LogP contribution in [-0.4, -0.2) is 46.3 Å². The van der Waals surface area contributed by atoms with Crippen molar-refractivity contribution in [1.82, 2.24) is 15.1 Å². The Bertz CT molecular complexity index is 1120. The topological polar surface area (TPSA) is 88.3 Å². The summed E-state index contributed by atoms with van der Waals surface area (Å²) in [5, 5.41) is 10.4. The fourth-order valence-corrected chi connectivity index (χ4v) is 3.83. The van der Waals surface area contributed by atoms with E-state index in [0.29, 0.717) is 12.3 Å². The first-order chi connectivity index (χ1) is 16.1. The van der Waals surface area contributed by atoms with Crippen LogP contribution in [0.5, 0.6) is 0 Å². The number of carbonyl (C=O) groups excluding carboxylic acids is 2. The van der Waals surface area contributed by atoms with Crippen molar-refractivity contribution in [3.63, 3.8) is 0 Å². The van der Waals surface area contributed by atoms with E-state index < -0.39 is 30.1 Å². The molecule has 0 saturated carbocycles. The first kappa shape index (κ1) is 25.3. The van der Waals surface area contributed by atoms with E-state index in [1.165, 1.54) is 19.2 Å². The summed E-state index contributed by atoms with van der Waals surface area (Å²) in [5.41, 5.74) is -0.178. The minimum atomic E-state index is -4.61. The van der Waals surface area contributed by atoms with E-state index in [1.807, 2.05) is 37.3 Å². The standard InChI is InChI=1S/C23H23F3N4O3S/c1-15(16-8-4-3-5-9-16)12-20-28-29-22(33-20)34-14-21(32)30(2)13-19(31)27-18-11-7-6-10-17(18)23(24,25)26/h3-11,15H,12-14H2,1-2H3,(H,27,31). The number of carbonyl (C=O) groups is 2. The van der Waals surface area contributed by atoms with Gasteiger partial charge >= 0.3 is 6.18 Å². The van der Waals surface area contributed by atoms with E-state index in [2.05, 4.69) is 15.5 Å². The Morgan fingerprint density at radius 3 is 2.47 bits per heavy atom. The van der Waals surface area contributed by atoms with Gasteiger partial charge in [-0.05, 0) is 23.6 Å². The summed E-state index contributed by atoms with van der Waals surface area (Å²) in [6.07, 6.45) is -4.06. The number of amides is 2. The smallest absolute Gasteiger partial charge is 0.416 e. The van der Waals surface area contributed by atoms with Crippen molar-refractivity contribution in [2.45, 2.75) is 30.7 Å². The van der Waals surface area contributed by atoms with Crippen LogP contribution in [0.4, 0.5) is 18.9 Å². The summed E-state index contributed by atoms with van der Waals surface area (Å²) in [5.74, 6) is -0.608. The van der Waals surface area contributed by atoms with Crippen molar-refractivity contribution in [3.05, 3.63) is 71.6 Å². The van der Waals surface area contributed by atoms with Gasteiger partial charge in [-0.15, -0.1) is 10.2 Å². The molecule has 1 atom stereocenters. The average molecular weight is 493 g/mol. The van der Waals surface area contributed by atoms with Crippen LogP contribution < -0.4 is 5.32 Å². The molecule has 3 rings (SSSR count). The molecular weight excluding hydrogens is 469 g/mol. The number of likely N-dealkylation sites (N-methyl/N-ethyl adjacent to an activating group) is 1. The van der Waals surface area contributed by atoms with E-state index in [9.17, 15) is 22.8 Å². The largest absolute Gasteiger partial charge is 0.418 e. The summed E-state index contributed by atoms with van der Waals surface area (Å²) in [7, 11) is 1.39. The second kappa shape index (κ2) is 11.2. The molecule has 1 aromatic heterocycles. The molecule has 11 heteroatoms. The third kappa shape index (κ3) is 7.08. The van der Waals surface area contributed by atoms with Crippen molar-refractivity contribution in [2.24, 2.45) is 0 Å². The highest BCUT2D eigenvalue weighted by Crippen LogP contribution is 2.34. The lowest BCUT2D eigenvalue weighted by atomic mass is 9.98. The first-order valence-electron chi connectivity index (χ1n) is 10.3. The highest BCUT2D eigenvalue weighted by molar-refractivity contribution is 7.99. The van der Waals surface area contributed by atoms with Gasteiger partial charge in [-0.3, -0.25) is 9.59 Å². The molecule has 0 bridgehead atoms. The van der Waals surface area contributed by atoms with Gasteiger partial charge in [0.25, 0.3) is 5.22 Å². The SMILES string of the molecule is CC(Cc1nnc(SCC(=O)N(C)CC(=O)Nc2ccccc2C(F)(F)F)o1)c1ccccc1. The van der Waals surface area contributed by atoms with Crippen LogP contribution in [0.1, 0.15) is 29.9 Å². The molecule has 0 aliphatic carbocycles. The van der Waals surface area contributed by atoms with E-state index in [0.717, 1.165) is 34.4 Å². The third-order valence-corrected chi connectivity index (χ3v) is 5.73. The van der Waals surface area contributed by atoms with Gasteiger partial charge in [0.05, 0.1) is 23.5 Å². The second-order valence-corrected chi connectivity index (χ2v) is 8.53. The third-order valence-electron chi connectivity index (χ3n) is 4.93. The average Bonchev–Trinajstić information content (AvgIpc) is 3.24. The minimum absolute atomic E-state index is 0.0706. The number of hydrogen-bond acceptors (Lipinski definition) is 6. The van der Waals surface area contributed by atoms with E-state index in [1.54, 1.807) is 0 Å². The normalized spacial score (nSPS) is 12.3. The number of rotatable bonds is 9. The van der Waals surface area contributed by atoms with Crippen LogP contribution in [0.15, 0.2) is 64.2 Å². The summed E-state index contributed by atoms with van der Waals surface area (Å²) < 4.78 is 44.8. The lowest BCUT2D eigenvalue weighted by Crippen LogP contribution is -2.36. The number of benzene rings is 2. The number of para-hydroxylation sites is 1. The van der Waals surface area contributed by atoms with Crippen molar-refractivity contribution < 1.29 is 27.2 Å². The quantitative estimate of drug-likeness (QED) is 0.439. The Morgan fingerprint density at radius 1 is 1.09 bits per heavy atom. The number of nitrogens with one attached hydrogen (secondary N) is 1. The Labute approximate surface area is 198 Å². The van der Waals surface area contributed by atoms with Crippen LogP contribution in [0.25, 0.3) is 0 Å². The van der Waals surface area contributed by atoms with Crippen molar-refractivity contribution in [2.75, 3.05) is 24.7 Å². The molecular formula is C23H23F3N4O3S. The number of aromatic nitrogens is 2. The predicted octanol–water partition coefficient (Wildman–Crippen LogP) is 4.62. The maximum atomic E-state index is 13.1. The first-order valence-corrected chi connectivity index (χ1v) is 11.3. The van der Waals surface area contributed by atoms with Gasteiger partial charge in [0, 0.05) is 13.5 Å². The van der Waals surface area contributed by atoms with Gasteiger partial charge in [-0.2, -0.15) is 13.2 Å². The molecule has 0 aliphatic heterocycles. The molecule has 1 N–H and O–H groups in total. The molecule has 0 fully saturated rings. The summed E-state index contributed by atoms with van der Waals surface area (Å²) in [6.45, 7) is 1.64. The Balaban J connectivity index is 1.48. The molecule has 1 heterocycles. The Morgan fingerprint density at radius 2 is 1.76 bits per heavy atom. The summed E-state index contributed by atoms with van der Waals surface area (Å²) in [4.78, 5) is 25.7. The Kier molecular flexibility index (Phi) is 8.32. The van der Waals surface area contributed by atoms with Gasteiger partial charge in [0.2, 0.25) is 17.7 Å². The minimum Gasteiger partial charge on any atom is -0.416 e. The molecule has 1 unspecified atom stereocenters. The highest BCUT2D eigenvalue weighted by Gasteiger charge is 2.33. The van der Waals surface area contributed by atoms with Crippen LogP contribution in [0.3, 0.4) is 0 Å². The molecule has 0 aliphatic rings. The second-order valence-electron chi connectivity index (χ2n) is 7.61. The molecule has 34 heavy (non-hydrogen) atoms. The number of nitrogens with zero attached hydrogens (tertiary/aromatic N) is 3. The lowest BCUT2D eigenvalue weighted by molar-refractivity contribution is -0.137. The number of thioether (sulfide) groups is 1. The van der Waals surface area contributed by atoms with Gasteiger partial charge in [-0.1, -0.05) is 61.2 Å². The van der Waals surface area contributed by atoms with Crippen molar-refractivity contribution >= 4 is 29.3 Å². The molecule has 7 nitrogen and oxygen atoms in total. The fourth-order valence-electron chi connectivity index (χ4n) is 3.11. The van der Waals surface area contributed by atoms with Crippen LogP contribution in [0.2, 0.25) is 0 Å². The van der Waals surface area contributed by atoms with Crippen molar-refractivity contribution in [3.8, 4) is 0 Å². The molecule has 3 aromatic rings. The molecule has 0 spiro atoms. The Hall–Kier alpha value is -3.34. The summed E-state index contributed by atoms with van der Waals surface area (Å²) in [6, 6.07) is 14.5. The maximum absolute atomic E-state index is 13.1. The zero-order valence-corrected chi connectivity index (χ0v) is 19.3. The summed E-state index contributed by atoms with van der Waals surface area (Å²) >= 11 is 1.03. The molecule has 0 radical (unpaired) electrons. The highest BCUT2D eigenvalue weighted by atomic mass is 32.2. The van der Waals surface area contributed by atoms with Gasteiger partial charge < -0.3 is 14.6 Å². The number of hydrogen-bond donors (Lipinski definition) is 1.